The van der Waals surface area contributed by atoms with Gasteiger partial charge in [0, 0.05) is 23.5 Å². The van der Waals surface area contributed by atoms with Crippen molar-refractivity contribution in [1.82, 2.24) is 15.3 Å². The summed E-state index contributed by atoms with van der Waals surface area (Å²) in [6.45, 7) is 1.11. The number of nitrogens with one attached hydrogen (secondary N) is 3. The van der Waals surface area contributed by atoms with E-state index in [0.29, 0.717) is 30.2 Å². The highest BCUT2D eigenvalue weighted by atomic mass is 32.1. The molecule has 3 fully saturated rings. The molecule has 1 aromatic heterocycles. The molecule has 3 N–H and O–H groups in total. The molecule has 0 unspecified atom stereocenters. The number of thiocarbonyl (C=S) groups is 1. The molecule has 2 aliphatic heterocycles. The van der Waals surface area contributed by atoms with Gasteiger partial charge in [0.2, 0.25) is 5.95 Å². The van der Waals surface area contributed by atoms with Crippen molar-refractivity contribution in [3.05, 3.63) is 48.3 Å². The summed E-state index contributed by atoms with van der Waals surface area (Å²) in [5.74, 6) is 1.23. The third-order valence-electron chi connectivity index (χ3n) is 6.17. The topological polar surface area (TPSA) is 80.3 Å². The van der Waals surface area contributed by atoms with Gasteiger partial charge in [-0.15, -0.1) is 0 Å². The van der Waals surface area contributed by atoms with Crippen LogP contribution in [0.2, 0.25) is 0 Å². The molecule has 1 aromatic carbocycles. The van der Waals surface area contributed by atoms with Gasteiger partial charge in [-0.2, -0.15) is 0 Å². The molecule has 0 radical (unpaired) electrons. The van der Waals surface area contributed by atoms with Gasteiger partial charge in [-0.25, -0.2) is 9.97 Å². The Kier molecular flexibility index (Phi) is 5.79. The van der Waals surface area contributed by atoms with Gasteiger partial charge in [0.25, 0.3) is 0 Å². The molecule has 2 aromatic rings. The Bertz CT molecular complexity index is 877. The summed E-state index contributed by atoms with van der Waals surface area (Å²) in [5.41, 5.74) is 2.10. The Morgan fingerprint density at radius 3 is 2.50 bits per heavy atom. The van der Waals surface area contributed by atoms with Crippen molar-refractivity contribution in [3.8, 4) is 0 Å². The van der Waals surface area contributed by atoms with E-state index in [2.05, 4.69) is 20.9 Å². The van der Waals surface area contributed by atoms with E-state index in [0.717, 1.165) is 11.4 Å². The largest absolute Gasteiger partial charge is 0.371 e. The van der Waals surface area contributed by atoms with Crippen molar-refractivity contribution in [2.75, 3.05) is 23.8 Å². The minimum atomic E-state index is -0.0592. The van der Waals surface area contributed by atoms with Gasteiger partial charge >= 0.3 is 0 Å². The van der Waals surface area contributed by atoms with Gasteiger partial charge in [-0.3, -0.25) is 0 Å². The fourth-order valence-corrected chi connectivity index (χ4v) is 4.93. The van der Waals surface area contributed by atoms with Gasteiger partial charge in [-0.1, -0.05) is 31.0 Å². The zero-order valence-electron chi connectivity index (χ0n) is 16.8. The van der Waals surface area contributed by atoms with Crippen molar-refractivity contribution >= 4 is 29.0 Å². The lowest BCUT2D eigenvalue weighted by Crippen LogP contribution is -2.46. The molecule has 0 spiro atoms. The second-order valence-electron chi connectivity index (χ2n) is 8.20. The highest BCUT2D eigenvalue weighted by Crippen LogP contribution is 2.33. The molecule has 0 amide bonds. The van der Waals surface area contributed by atoms with E-state index in [4.69, 9.17) is 26.7 Å². The van der Waals surface area contributed by atoms with Gasteiger partial charge in [-0.05, 0) is 43.3 Å². The van der Waals surface area contributed by atoms with E-state index in [1.807, 2.05) is 42.6 Å². The zero-order chi connectivity index (χ0) is 20.3. The third-order valence-corrected chi connectivity index (χ3v) is 6.39. The first-order valence-corrected chi connectivity index (χ1v) is 11.1. The molecule has 3 aliphatic rings. The predicted molar refractivity (Wildman–Crippen MR) is 120 cm³/mol. The Balaban J connectivity index is 1.18. The van der Waals surface area contributed by atoms with Crippen molar-refractivity contribution in [2.24, 2.45) is 0 Å². The second kappa shape index (κ2) is 8.83. The van der Waals surface area contributed by atoms with E-state index in [1.54, 1.807) is 0 Å². The SMILES string of the molecule is S=C(Nc1ccccc1)N[C@@H]1CO[C@@H]2[C@@H]1OC[C@@H]2Nc1nccc(C2CCCC2)n1. The zero-order valence-corrected chi connectivity index (χ0v) is 17.6. The lowest BCUT2D eigenvalue weighted by molar-refractivity contribution is 0.0689. The minimum Gasteiger partial charge on any atom is -0.371 e. The summed E-state index contributed by atoms with van der Waals surface area (Å²) in [6.07, 6.45) is 6.77. The first-order chi connectivity index (χ1) is 14.8. The minimum absolute atomic E-state index is 0.0104. The number of anilines is 2. The average Bonchev–Trinajstić information content (AvgIpc) is 3.50. The number of nitrogens with zero attached hydrogens (tertiary/aromatic N) is 2. The van der Waals surface area contributed by atoms with Crippen molar-refractivity contribution in [2.45, 2.75) is 55.9 Å². The molecule has 1 saturated carbocycles. The summed E-state index contributed by atoms with van der Waals surface area (Å²) in [5, 5.41) is 10.6. The number of fused-ring (bicyclic) bond motifs is 1. The first-order valence-electron chi connectivity index (χ1n) is 10.7. The standard InChI is InChI=1S/C22H27N5O2S/c30-22(24-15-8-2-1-3-9-15)27-18-13-29-19-17(12-28-20(18)19)26-21-23-11-10-16(25-21)14-6-4-5-7-14/h1-3,8-11,14,17-20H,4-7,12-13H2,(H,23,25,26)(H2,24,27,30)/t17-,18+,19-,20+/m0/s1. The molecule has 1 aliphatic carbocycles. The number of benzene rings is 1. The van der Waals surface area contributed by atoms with Crippen LogP contribution in [0.5, 0.6) is 0 Å². The van der Waals surface area contributed by atoms with E-state index in [-0.39, 0.29) is 24.3 Å². The Morgan fingerprint density at radius 2 is 1.70 bits per heavy atom. The summed E-state index contributed by atoms with van der Waals surface area (Å²) in [6, 6.07) is 12.0. The number of rotatable bonds is 5. The molecule has 0 bridgehead atoms. The normalized spacial score (nSPS) is 28.3. The maximum absolute atomic E-state index is 6.06. The molecule has 8 heteroatoms. The van der Waals surface area contributed by atoms with E-state index < -0.39 is 0 Å². The fourth-order valence-electron chi connectivity index (χ4n) is 4.66. The van der Waals surface area contributed by atoms with Crippen LogP contribution in [0.1, 0.15) is 37.3 Å². The number of ether oxygens (including phenoxy) is 2. The smallest absolute Gasteiger partial charge is 0.223 e. The van der Waals surface area contributed by atoms with Crippen LogP contribution in [0.4, 0.5) is 11.6 Å². The molecular weight excluding hydrogens is 398 g/mol. The fraction of sp³-hybridized carbons (Fsp3) is 0.500. The van der Waals surface area contributed by atoms with Crippen molar-refractivity contribution in [1.29, 1.82) is 0 Å². The lowest BCUT2D eigenvalue weighted by atomic mass is 10.0. The molecule has 2 saturated heterocycles. The molecular formula is C22H27N5O2S. The Morgan fingerprint density at radius 1 is 0.967 bits per heavy atom. The van der Waals surface area contributed by atoms with Crippen LogP contribution in [0, 0.1) is 0 Å². The Hall–Kier alpha value is -2.29. The quantitative estimate of drug-likeness (QED) is 0.631. The number of para-hydroxylation sites is 1. The lowest BCUT2D eigenvalue weighted by Gasteiger charge is -2.20. The second-order valence-corrected chi connectivity index (χ2v) is 8.61. The van der Waals surface area contributed by atoms with Crippen LogP contribution >= 0.6 is 12.2 Å². The molecule has 158 valence electrons. The third kappa shape index (κ3) is 4.26. The number of hydrogen-bond donors (Lipinski definition) is 3. The van der Waals surface area contributed by atoms with Gasteiger partial charge in [0.1, 0.15) is 12.2 Å². The summed E-state index contributed by atoms with van der Waals surface area (Å²) < 4.78 is 12.1. The van der Waals surface area contributed by atoms with Crippen LogP contribution in [0.3, 0.4) is 0 Å². The van der Waals surface area contributed by atoms with Crippen LogP contribution in [0.15, 0.2) is 42.6 Å². The first kappa shape index (κ1) is 19.7. The van der Waals surface area contributed by atoms with Crippen molar-refractivity contribution < 1.29 is 9.47 Å². The summed E-state index contributed by atoms with van der Waals surface area (Å²) in [7, 11) is 0. The number of hydrogen-bond acceptors (Lipinski definition) is 6. The van der Waals surface area contributed by atoms with Crippen LogP contribution in [0.25, 0.3) is 0 Å². The molecule has 4 atom stereocenters. The molecule has 30 heavy (non-hydrogen) atoms. The van der Waals surface area contributed by atoms with Crippen LogP contribution in [-0.2, 0) is 9.47 Å². The predicted octanol–water partition coefficient (Wildman–Crippen LogP) is 3.07. The highest BCUT2D eigenvalue weighted by molar-refractivity contribution is 7.80. The maximum atomic E-state index is 6.06. The van der Waals surface area contributed by atoms with Gasteiger partial charge < -0.3 is 25.4 Å². The maximum Gasteiger partial charge on any atom is 0.223 e. The summed E-state index contributed by atoms with van der Waals surface area (Å²) >= 11 is 5.46. The molecule has 3 heterocycles. The average molecular weight is 426 g/mol. The van der Waals surface area contributed by atoms with Crippen LogP contribution in [-0.4, -0.2) is 52.6 Å². The van der Waals surface area contributed by atoms with E-state index >= 15 is 0 Å². The van der Waals surface area contributed by atoms with Crippen molar-refractivity contribution in [3.63, 3.8) is 0 Å². The summed E-state index contributed by atoms with van der Waals surface area (Å²) in [4.78, 5) is 9.19. The molecule has 7 nitrogen and oxygen atoms in total. The monoisotopic (exact) mass is 425 g/mol. The number of aromatic nitrogens is 2. The highest BCUT2D eigenvalue weighted by Gasteiger charge is 2.48. The van der Waals surface area contributed by atoms with Gasteiger partial charge in [0.15, 0.2) is 5.11 Å². The van der Waals surface area contributed by atoms with E-state index in [9.17, 15) is 0 Å². The van der Waals surface area contributed by atoms with Gasteiger partial charge in [0.05, 0.1) is 25.3 Å². The van der Waals surface area contributed by atoms with E-state index in [1.165, 1.54) is 25.7 Å². The van der Waals surface area contributed by atoms with Crippen LogP contribution < -0.4 is 16.0 Å². The molecule has 5 rings (SSSR count). The Labute approximate surface area is 182 Å².